The summed E-state index contributed by atoms with van der Waals surface area (Å²) < 4.78 is 12.4. The maximum Gasteiger partial charge on any atom is 0.252 e. The standard InChI is InChI=1S/C36H36N8O4/c1-25-11-13-26(14-12-25)19-20-39-35(46)36(23-28-7-3-5-10-32(28)42-44-38)33(31-9-4-2-8-29(31)24-40-43-37)48-34(41-36)27-15-17-30(18-16-27)47-22-6-21-45/h2-5,7-18,33,45H,6,19-24H2,1H3,(H,39,46)/t33-,36-/m1/s1. The van der Waals surface area contributed by atoms with E-state index >= 15 is 0 Å². The molecule has 0 bridgehead atoms. The Labute approximate surface area is 278 Å². The Morgan fingerprint density at radius 1 is 0.979 bits per heavy atom. The van der Waals surface area contributed by atoms with Crippen LogP contribution < -0.4 is 10.1 Å². The van der Waals surface area contributed by atoms with Crippen molar-refractivity contribution in [2.45, 2.75) is 44.4 Å². The molecule has 5 rings (SSSR count). The predicted molar refractivity (Wildman–Crippen MR) is 183 cm³/mol. The van der Waals surface area contributed by atoms with Crippen LogP contribution in [-0.2, 0) is 28.9 Å². The predicted octanol–water partition coefficient (Wildman–Crippen LogP) is 7.37. The van der Waals surface area contributed by atoms with Gasteiger partial charge in [-0.25, -0.2) is 4.99 Å². The SMILES string of the molecule is Cc1ccc(CCNC(=O)[C@]2(Cc3ccccc3N=[N+]=[N-])N=C(c3ccc(OCCCO)cc3)O[C@@H]2c2ccccc2CN=[N+]=[N-])cc1. The van der Waals surface area contributed by atoms with Gasteiger partial charge in [-0.2, -0.15) is 0 Å². The van der Waals surface area contributed by atoms with E-state index in [1.165, 1.54) is 0 Å². The second-order valence-electron chi connectivity index (χ2n) is 11.4. The van der Waals surface area contributed by atoms with Gasteiger partial charge in [0.05, 0.1) is 13.2 Å². The lowest BCUT2D eigenvalue weighted by atomic mass is 9.80. The number of aryl methyl sites for hydroxylation is 1. The van der Waals surface area contributed by atoms with Gasteiger partial charge in [0.1, 0.15) is 5.75 Å². The first-order chi connectivity index (χ1) is 23.5. The van der Waals surface area contributed by atoms with E-state index in [0.29, 0.717) is 59.7 Å². The van der Waals surface area contributed by atoms with Gasteiger partial charge in [-0.1, -0.05) is 88.6 Å². The summed E-state index contributed by atoms with van der Waals surface area (Å²) in [4.78, 5) is 25.7. The van der Waals surface area contributed by atoms with Gasteiger partial charge in [-0.05, 0) is 70.9 Å². The first-order valence-electron chi connectivity index (χ1n) is 15.6. The minimum Gasteiger partial charge on any atom is -0.494 e. The normalized spacial score (nSPS) is 16.5. The van der Waals surface area contributed by atoms with Crippen molar-refractivity contribution in [3.8, 4) is 5.75 Å². The summed E-state index contributed by atoms with van der Waals surface area (Å²) in [5, 5.41) is 19.9. The van der Waals surface area contributed by atoms with Gasteiger partial charge < -0.3 is 19.9 Å². The minimum atomic E-state index is -1.55. The highest BCUT2D eigenvalue weighted by Gasteiger charge is 2.54. The first-order valence-corrected chi connectivity index (χ1v) is 15.6. The molecule has 0 fully saturated rings. The summed E-state index contributed by atoms with van der Waals surface area (Å²) >= 11 is 0. The van der Waals surface area contributed by atoms with Crippen molar-refractivity contribution in [2.24, 2.45) is 15.2 Å². The quantitative estimate of drug-likeness (QED) is 0.0594. The number of benzene rings is 4. The lowest BCUT2D eigenvalue weighted by molar-refractivity contribution is -0.128. The molecule has 0 saturated carbocycles. The zero-order chi connectivity index (χ0) is 33.8. The molecule has 12 nitrogen and oxygen atoms in total. The van der Waals surface area contributed by atoms with Crippen LogP contribution in [-0.4, -0.2) is 42.2 Å². The zero-order valence-electron chi connectivity index (χ0n) is 26.6. The number of nitrogens with zero attached hydrogens (tertiary/aromatic N) is 7. The molecule has 0 radical (unpaired) electrons. The van der Waals surface area contributed by atoms with Gasteiger partial charge in [0.25, 0.3) is 5.91 Å². The van der Waals surface area contributed by atoms with E-state index in [4.69, 9.17) is 25.1 Å². The maximum atomic E-state index is 14.6. The molecular formula is C36H36N8O4. The number of aliphatic hydroxyl groups is 1. The number of amides is 1. The number of carbonyl (C=O) groups is 1. The zero-order valence-corrected chi connectivity index (χ0v) is 26.6. The van der Waals surface area contributed by atoms with E-state index in [2.05, 4.69) is 25.4 Å². The second kappa shape index (κ2) is 16.2. The Kier molecular flexibility index (Phi) is 11.3. The van der Waals surface area contributed by atoms with Crippen molar-refractivity contribution in [1.29, 1.82) is 0 Å². The molecule has 4 aromatic rings. The fraction of sp³-hybridized carbons (Fsp3) is 0.278. The Morgan fingerprint density at radius 2 is 1.71 bits per heavy atom. The van der Waals surface area contributed by atoms with Gasteiger partial charge >= 0.3 is 0 Å². The molecule has 0 unspecified atom stereocenters. The average molecular weight is 645 g/mol. The maximum absolute atomic E-state index is 14.6. The van der Waals surface area contributed by atoms with Crippen LogP contribution in [0.15, 0.2) is 112 Å². The number of carbonyl (C=O) groups excluding carboxylic acids is 1. The molecule has 48 heavy (non-hydrogen) atoms. The van der Waals surface area contributed by atoms with Crippen molar-refractivity contribution in [3.05, 3.63) is 151 Å². The van der Waals surface area contributed by atoms with Crippen molar-refractivity contribution in [3.63, 3.8) is 0 Å². The molecule has 0 saturated heterocycles. The Hall–Kier alpha value is -5.80. The van der Waals surface area contributed by atoms with Gasteiger partial charge in [0.2, 0.25) is 5.90 Å². The summed E-state index contributed by atoms with van der Waals surface area (Å²) in [6, 6.07) is 29.7. The van der Waals surface area contributed by atoms with Crippen LogP contribution in [0.25, 0.3) is 20.9 Å². The number of aliphatic hydroxyl groups excluding tert-OH is 1. The number of aliphatic imine (C=N–C) groups is 1. The molecule has 12 heteroatoms. The Morgan fingerprint density at radius 3 is 2.44 bits per heavy atom. The molecule has 2 N–H and O–H groups in total. The van der Waals surface area contributed by atoms with Crippen LogP contribution in [0.3, 0.4) is 0 Å². The van der Waals surface area contributed by atoms with Crippen molar-refractivity contribution >= 4 is 17.5 Å². The molecule has 1 aliphatic rings. The van der Waals surface area contributed by atoms with Crippen molar-refractivity contribution < 1.29 is 19.4 Å². The lowest BCUT2D eigenvalue weighted by Crippen LogP contribution is -2.50. The molecule has 2 atom stereocenters. The topological polar surface area (TPSA) is 178 Å². The largest absolute Gasteiger partial charge is 0.494 e. The second-order valence-corrected chi connectivity index (χ2v) is 11.4. The Bertz CT molecular complexity index is 1850. The highest BCUT2D eigenvalue weighted by Crippen LogP contribution is 2.44. The van der Waals surface area contributed by atoms with Crippen LogP contribution in [0.1, 0.15) is 45.9 Å². The van der Waals surface area contributed by atoms with Crippen LogP contribution in [0, 0.1) is 6.92 Å². The molecule has 0 spiro atoms. The monoisotopic (exact) mass is 644 g/mol. The summed E-state index contributed by atoms with van der Waals surface area (Å²) in [6.07, 6.45) is 0.222. The molecule has 0 aliphatic carbocycles. The summed E-state index contributed by atoms with van der Waals surface area (Å²) in [5.41, 5.74) is 22.0. The number of hydrogen-bond acceptors (Lipinski definition) is 7. The van der Waals surface area contributed by atoms with Gasteiger partial charge in [0.15, 0.2) is 11.6 Å². The number of azide groups is 2. The van der Waals surface area contributed by atoms with Crippen LogP contribution in [0.2, 0.25) is 0 Å². The van der Waals surface area contributed by atoms with E-state index in [0.717, 1.165) is 11.1 Å². The molecule has 4 aromatic carbocycles. The third-order valence-electron chi connectivity index (χ3n) is 8.10. The molecule has 1 heterocycles. The smallest absolute Gasteiger partial charge is 0.252 e. The Balaban J connectivity index is 1.60. The number of ether oxygens (including phenoxy) is 2. The van der Waals surface area contributed by atoms with E-state index in [1.54, 1.807) is 42.5 Å². The van der Waals surface area contributed by atoms with Crippen molar-refractivity contribution in [2.75, 3.05) is 19.8 Å². The molecule has 1 aliphatic heterocycles. The van der Waals surface area contributed by atoms with Gasteiger partial charge in [-0.15, -0.1) is 0 Å². The van der Waals surface area contributed by atoms with Crippen LogP contribution >= 0.6 is 0 Å². The minimum absolute atomic E-state index is 0.0310. The van der Waals surface area contributed by atoms with Crippen molar-refractivity contribution in [1.82, 2.24) is 5.32 Å². The highest BCUT2D eigenvalue weighted by atomic mass is 16.5. The van der Waals surface area contributed by atoms with E-state index in [1.807, 2.05) is 61.5 Å². The fourth-order valence-corrected chi connectivity index (χ4v) is 5.63. The number of nitrogens with one attached hydrogen (secondary N) is 1. The average Bonchev–Trinajstić information content (AvgIpc) is 3.50. The number of rotatable bonds is 15. The fourth-order valence-electron chi connectivity index (χ4n) is 5.63. The summed E-state index contributed by atoms with van der Waals surface area (Å²) in [5.74, 6) is 0.494. The molecule has 1 amide bonds. The lowest BCUT2D eigenvalue weighted by Gasteiger charge is -2.32. The summed E-state index contributed by atoms with van der Waals surface area (Å²) in [7, 11) is 0. The molecule has 0 aromatic heterocycles. The summed E-state index contributed by atoms with van der Waals surface area (Å²) in [6.45, 7) is 2.82. The van der Waals surface area contributed by atoms with Gasteiger partial charge in [0, 0.05) is 47.1 Å². The molecular weight excluding hydrogens is 608 g/mol. The first kappa shape index (κ1) is 33.6. The number of hydrogen-bond donors (Lipinski definition) is 2. The third kappa shape index (κ3) is 7.94. The van der Waals surface area contributed by atoms with E-state index in [9.17, 15) is 10.3 Å². The third-order valence-corrected chi connectivity index (χ3v) is 8.10. The highest BCUT2D eigenvalue weighted by molar-refractivity contribution is 6.01. The van der Waals surface area contributed by atoms with Crippen LogP contribution in [0.5, 0.6) is 5.75 Å². The van der Waals surface area contributed by atoms with E-state index < -0.39 is 11.6 Å². The van der Waals surface area contributed by atoms with E-state index in [-0.39, 0.29) is 31.4 Å². The van der Waals surface area contributed by atoms with Gasteiger partial charge in [-0.3, -0.25) is 4.79 Å². The molecule has 244 valence electrons. The van der Waals surface area contributed by atoms with Crippen LogP contribution in [0.4, 0.5) is 5.69 Å².